The monoisotopic (exact) mass is 410 g/mol. The van der Waals surface area contributed by atoms with E-state index in [2.05, 4.69) is 34.0 Å². The molecule has 0 amide bonds. The fourth-order valence-electron chi connectivity index (χ4n) is 4.75. The number of nitrogens with one attached hydrogen (secondary N) is 1. The van der Waals surface area contributed by atoms with Crippen molar-refractivity contribution in [2.45, 2.75) is 70.9 Å². The van der Waals surface area contributed by atoms with Crippen LogP contribution in [0.1, 0.15) is 73.8 Å². The third-order valence-corrected chi connectivity index (χ3v) is 6.45. The minimum Gasteiger partial charge on any atom is -0.298 e. The minimum atomic E-state index is -0.312. The van der Waals surface area contributed by atoms with Gasteiger partial charge >= 0.3 is 0 Å². The first-order valence-electron chi connectivity index (χ1n) is 10.4. The van der Waals surface area contributed by atoms with Gasteiger partial charge in [-0.25, -0.2) is 4.98 Å². The highest BCUT2D eigenvalue weighted by Gasteiger charge is 2.36. The maximum atomic E-state index is 13.7. The van der Waals surface area contributed by atoms with Crippen LogP contribution in [0.4, 0.5) is 4.39 Å². The molecular formula is C20H32ClFN6. The molecule has 0 spiro atoms. The van der Waals surface area contributed by atoms with Gasteiger partial charge in [0.25, 0.3) is 0 Å². The molecule has 0 aromatic carbocycles. The molecule has 2 atom stereocenters. The predicted octanol–water partition coefficient (Wildman–Crippen LogP) is 3.98. The number of nitrogens with zero attached hydrogens (tertiary/aromatic N) is 5. The number of hydrogen-bond acceptors (Lipinski definition) is 4. The van der Waals surface area contributed by atoms with Gasteiger partial charge in [0.15, 0.2) is 5.82 Å². The van der Waals surface area contributed by atoms with Crippen LogP contribution in [0.3, 0.4) is 0 Å². The molecule has 1 N–H and O–H groups in total. The molecule has 0 bridgehead atoms. The third-order valence-electron chi connectivity index (χ3n) is 6.45. The zero-order valence-electron chi connectivity index (χ0n) is 16.9. The van der Waals surface area contributed by atoms with Gasteiger partial charge in [0.1, 0.15) is 5.82 Å². The first kappa shape index (κ1) is 21.2. The molecule has 156 valence electrons. The van der Waals surface area contributed by atoms with E-state index in [0.29, 0.717) is 5.92 Å². The van der Waals surface area contributed by atoms with Crippen molar-refractivity contribution in [3.8, 4) is 0 Å². The lowest BCUT2D eigenvalue weighted by Crippen LogP contribution is -2.21. The number of likely N-dealkylation sites (tertiary alicyclic amines) is 1. The fourth-order valence-corrected chi connectivity index (χ4v) is 4.75. The van der Waals surface area contributed by atoms with Gasteiger partial charge in [0.2, 0.25) is 0 Å². The summed E-state index contributed by atoms with van der Waals surface area (Å²) < 4.78 is 15.8. The molecule has 1 aliphatic carbocycles. The van der Waals surface area contributed by atoms with Crippen LogP contribution in [0.25, 0.3) is 0 Å². The molecule has 2 fully saturated rings. The Morgan fingerprint density at radius 1 is 1.21 bits per heavy atom. The van der Waals surface area contributed by atoms with Crippen molar-refractivity contribution in [1.82, 2.24) is 29.9 Å². The summed E-state index contributed by atoms with van der Waals surface area (Å²) in [5.41, 5.74) is 2.44. The van der Waals surface area contributed by atoms with E-state index in [0.717, 1.165) is 37.8 Å². The van der Waals surface area contributed by atoms with Crippen LogP contribution < -0.4 is 0 Å². The molecule has 2 aromatic heterocycles. The quantitative estimate of drug-likeness (QED) is 0.782. The van der Waals surface area contributed by atoms with Gasteiger partial charge in [-0.3, -0.25) is 19.1 Å². The van der Waals surface area contributed by atoms with E-state index in [4.69, 9.17) is 4.98 Å². The molecule has 1 aliphatic heterocycles. The van der Waals surface area contributed by atoms with E-state index in [1.807, 2.05) is 10.9 Å². The predicted molar refractivity (Wildman–Crippen MR) is 110 cm³/mol. The number of aromatic nitrogens is 5. The summed E-state index contributed by atoms with van der Waals surface area (Å²) in [4.78, 5) is 7.15. The average molecular weight is 411 g/mol. The summed E-state index contributed by atoms with van der Waals surface area (Å²) in [6.45, 7) is 7.18. The third kappa shape index (κ3) is 4.25. The number of aryl methyl sites for hydroxylation is 1. The van der Waals surface area contributed by atoms with E-state index in [1.54, 1.807) is 0 Å². The highest BCUT2D eigenvalue weighted by molar-refractivity contribution is 5.85. The summed E-state index contributed by atoms with van der Waals surface area (Å²) in [6, 6.07) is 0. The van der Waals surface area contributed by atoms with Crippen LogP contribution in [0.15, 0.2) is 6.20 Å². The van der Waals surface area contributed by atoms with Crippen molar-refractivity contribution in [2.24, 2.45) is 5.92 Å². The Hall–Kier alpha value is -1.47. The van der Waals surface area contributed by atoms with Crippen molar-refractivity contribution in [3.63, 3.8) is 0 Å². The number of alkyl halides is 1. The summed E-state index contributed by atoms with van der Waals surface area (Å²) in [5, 5.41) is 12.1. The second kappa shape index (κ2) is 9.35. The van der Waals surface area contributed by atoms with E-state index in [9.17, 15) is 4.39 Å². The van der Waals surface area contributed by atoms with Crippen LogP contribution in [0.5, 0.6) is 0 Å². The molecular weight excluding hydrogens is 379 g/mol. The van der Waals surface area contributed by atoms with E-state index in [-0.39, 0.29) is 30.9 Å². The fraction of sp³-hybridized carbons (Fsp3) is 0.750. The first-order valence-corrected chi connectivity index (χ1v) is 10.4. The van der Waals surface area contributed by atoms with Gasteiger partial charge in [-0.05, 0) is 26.7 Å². The average Bonchev–Trinajstić information content (AvgIpc) is 3.42. The zero-order chi connectivity index (χ0) is 18.8. The molecule has 2 aliphatic rings. The Labute approximate surface area is 172 Å². The van der Waals surface area contributed by atoms with Crippen LogP contribution in [0.2, 0.25) is 0 Å². The minimum absolute atomic E-state index is 0. The second-order valence-corrected chi connectivity index (χ2v) is 8.20. The summed E-state index contributed by atoms with van der Waals surface area (Å²) in [6.07, 6.45) is 8.17. The van der Waals surface area contributed by atoms with E-state index in [1.165, 1.54) is 43.4 Å². The van der Waals surface area contributed by atoms with Gasteiger partial charge in [-0.1, -0.05) is 19.3 Å². The molecule has 4 rings (SSSR count). The molecule has 2 aromatic rings. The molecule has 8 heteroatoms. The number of aromatic amines is 1. The Bertz CT molecular complexity index is 754. The summed E-state index contributed by atoms with van der Waals surface area (Å²) in [7, 11) is 0. The largest absolute Gasteiger partial charge is 0.298 e. The van der Waals surface area contributed by atoms with Gasteiger partial charge < -0.3 is 0 Å². The van der Waals surface area contributed by atoms with Crippen molar-refractivity contribution < 1.29 is 4.39 Å². The standard InChI is InChI=1S/C20H31FN6.ClH/c1-3-27-14(2)17(10-22-27)12-26-11-16(9-21)18(13-26)20-23-19(24-25-20)15-7-5-4-6-8-15;/h10,15-16,18H,3-9,11-13H2,1-2H3,(H,23,24,25);1H/t16-,18-;/m1./s1. The Kier molecular flexibility index (Phi) is 7.10. The molecule has 3 heterocycles. The SMILES string of the molecule is CCn1ncc(CN2C[C@@H](CF)[C@H](c3nc(C4CCCCC4)n[nH]3)C2)c1C.Cl. The van der Waals surface area contributed by atoms with Crippen molar-refractivity contribution >= 4 is 12.4 Å². The molecule has 0 radical (unpaired) electrons. The summed E-state index contributed by atoms with van der Waals surface area (Å²) in [5.74, 6) is 2.38. The first-order chi connectivity index (χ1) is 13.2. The molecule has 6 nitrogen and oxygen atoms in total. The van der Waals surface area contributed by atoms with Gasteiger partial charge in [-0.15, -0.1) is 12.4 Å². The van der Waals surface area contributed by atoms with Crippen LogP contribution in [-0.2, 0) is 13.1 Å². The lowest BCUT2D eigenvalue weighted by molar-refractivity contribution is 0.295. The van der Waals surface area contributed by atoms with Crippen molar-refractivity contribution in [1.29, 1.82) is 0 Å². The van der Waals surface area contributed by atoms with Crippen molar-refractivity contribution in [3.05, 3.63) is 29.1 Å². The van der Waals surface area contributed by atoms with Crippen LogP contribution in [-0.4, -0.2) is 49.6 Å². The maximum absolute atomic E-state index is 13.7. The highest BCUT2D eigenvalue weighted by Crippen LogP contribution is 2.35. The lowest BCUT2D eigenvalue weighted by atomic mass is 9.89. The molecule has 0 unspecified atom stereocenters. The Balaban J connectivity index is 0.00000225. The normalized spacial score (nSPS) is 23.8. The number of halogens is 2. The molecule has 1 saturated carbocycles. The van der Waals surface area contributed by atoms with Crippen LogP contribution in [0, 0.1) is 12.8 Å². The smallest absolute Gasteiger partial charge is 0.153 e. The Morgan fingerprint density at radius 3 is 2.68 bits per heavy atom. The van der Waals surface area contributed by atoms with Gasteiger partial charge in [-0.2, -0.15) is 10.2 Å². The summed E-state index contributed by atoms with van der Waals surface area (Å²) >= 11 is 0. The van der Waals surface area contributed by atoms with Crippen LogP contribution >= 0.6 is 12.4 Å². The number of hydrogen-bond donors (Lipinski definition) is 1. The molecule has 28 heavy (non-hydrogen) atoms. The topological polar surface area (TPSA) is 62.6 Å². The van der Waals surface area contributed by atoms with E-state index >= 15 is 0 Å². The lowest BCUT2D eigenvalue weighted by Gasteiger charge is -2.18. The zero-order valence-corrected chi connectivity index (χ0v) is 17.7. The second-order valence-electron chi connectivity index (χ2n) is 8.20. The van der Waals surface area contributed by atoms with Crippen molar-refractivity contribution in [2.75, 3.05) is 19.8 Å². The molecule has 1 saturated heterocycles. The Morgan fingerprint density at radius 2 is 2.00 bits per heavy atom. The number of rotatable bonds is 6. The maximum Gasteiger partial charge on any atom is 0.153 e. The van der Waals surface area contributed by atoms with E-state index < -0.39 is 0 Å². The number of H-pyrrole nitrogens is 1. The van der Waals surface area contributed by atoms with Gasteiger partial charge in [0.05, 0.1) is 12.9 Å². The van der Waals surface area contributed by atoms with Gasteiger partial charge in [0, 0.05) is 55.2 Å². The highest BCUT2D eigenvalue weighted by atomic mass is 35.5.